The van der Waals surface area contributed by atoms with E-state index < -0.39 is 12.1 Å². The number of benzene rings is 1. The summed E-state index contributed by atoms with van der Waals surface area (Å²) in [7, 11) is 0. The van der Waals surface area contributed by atoms with E-state index in [9.17, 15) is 14.4 Å². The van der Waals surface area contributed by atoms with Crippen LogP contribution in [0.25, 0.3) is 11.0 Å². The van der Waals surface area contributed by atoms with Crippen molar-refractivity contribution in [1.29, 1.82) is 0 Å². The summed E-state index contributed by atoms with van der Waals surface area (Å²) in [5, 5.41) is 3.32. The van der Waals surface area contributed by atoms with Crippen molar-refractivity contribution in [3.05, 3.63) is 45.8 Å². The number of carbonyl (C=O) groups excluding carboxylic acids is 2. The molecule has 0 saturated heterocycles. The average molecular weight is 357 g/mol. The van der Waals surface area contributed by atoms with Crippen LogP contribution in [0.2, 0.25) is 0 Å². The quantitative estimate of drug-likeness (QED) is 0.850. The summed E-state index contributed by atoms with van der Waals surface area (Å²) in [4.78, 5) is 36.7. The normalized spacial score (nSPS) is 16.2. The fraction of sp³-hybridized carbons (Fsp3) is 0.450. The fourth-order valence-electron chi connectivity index (χ4n) is 3.21. The highest BCUT2D eigenvalue weighted by atomic mass is 16.6. The van der Waals surface area contributed by atoms with Crippen LogP contribution in [-0.4, -0.2) is 24.0 Å². The van der Waals surface area contributed by atoms with Crippen LogP contribution < -0.4 is 10.7 Å². The summed E-state index contributed by atoms with van der Waals surface area (Å²) in [6.07, 6.45) is 4.33. The molecule has 1 aliphatic rings. The lowest BCUT2D eigenvalue weighted by Gasteiger charge is -2.24. The first kappa shape index (κ1) is 18.2. The minimum Gasteiger partial charge on any atom is -0.449 e. The van der Waals surface area contributed by atoms with E-state index in [1.807, 2.05) is 6.92 Å². The van der Waals surface area contributed by atoms with Crippen molar-refractivity contribution >= 4 is 22.8 Å². The Kier molecular flexibility index (Phi) is 5.40. The molecule has 1 aliphatic carbocycles. The molecule has 0 bridgehead atoms. The van der Waals surface area contributed by atoms with Gasteiger partial charge in [-0.3, -0.25) is 9.59 Å². The maximum absolute atomic E-state index is 12.3. The first-order valence-corrected chi connectivity index (χ1v) is 9.00. The minimum atomic E-state index is -0.955. The number of hydrogen-bond acceptors (Lipinski definition) is 5. The van der Waals surface area contributed by atoms with Crippen LogP contribution >= 0.6 is 0 Å². The molecule has 2 aromatic rings. The zero-order valence-corrected chi connectivity index (χ0v) is 15.0. The molecule has 1 N–H and O–H groups in total. The predicted molar refractivity (Wildman–Crippen MR) is 97.1 cm³/mol. The Morgan fingerprint density at radius 1 is 1.19 bits per heavy atom. The van der Waals surface area contributed by atoms with E-state index in [2.05, 4.69) is 5.32 Å². The van der Waals surface area contributed by atoms with Gasteiger partial charge < -0.3 is 14.5 Å². The van der Waals surface area contributed by atoms with Crippen molar-refractivity contribution in [2.75, 3.05) is 0 Å². The lowest BCUT2D eigenvalue weighted by Crippen LogP contribution is -2.42. The van der Waals surface area contributed by atoms with Gasteiger partial charge in [0, 0.05) is 12.1 Å². The number of rotatable bonds is 4. The molecule has 1 saturated carbocycles. The number of amides is 1. The minimum absolute atomic E-state index is 0.138. The van der Waals surface area contributed by atoms with Gasteiger partial charge in [0.2, 0.25) is 5.76 Å². The van der Waals surface area contributed by atoms with Crippen LogP contribution in [0.15, 0.2) is 33.5 Å². The summed E-state index contributed by atoms with van der Waals surface area (Å²) in [5.41, 5.74) is 0.920. The number of fused-ring (bicyclic) bond motifs is 1. The second kappa shape index (κ2) is 7.72. The van der Waals surface area contributed by atoms with Crippen molar-refractivity contribution in [3.63, 3.8) is 0 Å². The Morgan fingerprint density at radius 3 is 2.65 bits per heavy atom. The monoisotopic (exact) mass is 357 g/mol. The third-order valence-corrected chi connectivity index (χ3v) is 4.69. The van der Waals surface area contributed by atoms with Crippen LogP contribution in [0.5, 0.6) is 0 Å². The van der Waals surface area contributed by atoms with Gasteiger partial charge in [0.15, 0.2) is 11.5 Å². The van der Waals surface area contributed by atoms with Crippen molar-refractivity contribution in [3.8, 4) is 0 Å². The predicted octanol–water partition coefficient (Wildman–Crippen LogP) is 3.10. The molecule has 6 heteroatoms. The van der Waals surface area contributed by atoms with Crippen molar-refractivity contribution in [1.82, 2.24) is 5.32 Å². The average Bonchev–Trinajstić information content (AvgIpc) is 2.62. The zero-order chi connectivity index (χ0) is 18.7. The van der Waals surface area contributed by atoms with Crippen LogP contribution in [0, 0.1) is 6.92 Å². The summed E-state index contributed by atoms with van der Waals surface area (Å²) >= 11 is 0. The topological polar surface area (TPSA) is 85.6 Å². The molecule has 1 amide bonds. The molecule has 1 heterocycles. The van der Waals surface area contributed by atoms with Crippen LogP contribution in [0.1, 0.15) is 55.1 Å². The van der Waals surface area contributed by atoms with Gasteiger partial charge in [0.1, 0.15) is 5.58 Å². The van der Waals surface area contributed by atoms with Crippen LogP contribution in [-0.2, 0) is 9.53 Å². The first-order valence-electron chi connectivity index (χ1n) is 9.00. The molecule has 1 aromatic heterocycles. The second-order valence-corrected chi connectivity index (χ2v) is 6.87. The third kappa shape index (κ3) is 4.12. The molecule has 138 valence electrons. The van der Waals surface area contributed by atoms with Crippen molar-refractivity contribution in [2.45, 2.75) is 58.1 Å². The maximum Gasteiger partial charge on any atom is 0.375 e. The largest absolute Gasteiger partial charge is 0.449 e. The third-order valence-electron chi connectivity index (χ3n) is 4.69. The van der Waals surface area contributed by atoms with Gasteiger partial charge in [-0.1, -0.05) is 30.9 Å². The van der Waals surface area contributed by atoms with Crippen molar-refractivity contribution < 1.29 is 18.7 Å². The molecule has 1 fully saturated rings. The zero-order valence-electron chi connectivity index (χ0n) is 15.0. The van der Waals surface area contributed by atoms with Gasteiger partial charge in [-0.05, 0) is 38.8 Å². The molecule has 0 spiro atoms. The number of esters is 1. The number of hydrogen-bond donors (Lipinski definition) is 1. The van der Waals surface area contributed by atoms with Gasteiger partial charge in [0.25, 0.3) is 5.91 Å². The molecule has 0 radical (unpaired) electrons. The number of ether oxygens (including phenoxy) is 1. The van der Waals surface area contributed by atoms with E-state index in [-0.39, 0.29) is 23.1 Å². The Balaban J connectivity index is 1.69. The number of carbonyl (C=O) groups is 2. The smallest absolute Gasteiger partial charge is 0.375 e. The summed E-state index contributed by atoms with van der Waals surface area (Å²) in [6.45, 7) is 3.38. The van der Waals surface area contributed by atoms with E-state index in [1.54, 1.807) is 18.2 Å². The molecular formula is C20H23NO5. The maximum atomic E-state index is 12.3. The molecular weight excluding hydrogens is 334 g/mol. The standard InChI is InChI=1S/C20H23NO5/c1-12-8-9-17-15(10-12)16(22)11-18(26-17)20(24)25-13(2)19(23)21-14-6-4-3-5-7-14/h8-11,13-14H,3-7H2,1-2H3,(H,21,23)/t13-/m1/s1. The molecule has 3 rings (SSSR count). The van der Waals surface area contributed by atoms with E-state index in [0.717, 1.165) is 37.3 Å². The molecule has 26 heavy (non-hydrogen) atoms. The summed E-state index contributed by atoms with van der Waals surface area (Å²) in [5.74, 6) is -1.36. The van der Waals surface area contributed by atoms with Crippen LogP contribution in [0.3, 0.4) is 0 Å². The lowest BCUT2D eigenvalue weighted by molar-refractivity contribution is -0.130. The fourth-order valence-corrected chi connectivity index (χ4v) is 3.21. The van der Waals surface area contributed by atoms with E-state index in [1.165, 1.54) is 13.3 Å². The molecule has 6 nitrogen and oxygen atoms in total. The molecule has 0 unspecified atom stereocenters. The number of aryl methyl sites for hydroxylation is 1. The highest BCUT2D eigenvalue weighted by Gasteiger charge is 2.24. The van der Waals surface area contributed by atoms with Gasteiger partial charge >= 0.3 is 5.97 Å². The van der Waals surface area contributed by atoms with Crippen LogP contribution in [0.4, 0.5) is 0 Å². The number of nitrogens with one attached hydrogen (secondary N) is 1. The van der Waals surface area contributed by atoms with Gasteiger partial charge in [-0.15, -0.1) is 0 Å². The SMILES string of the molecule is Cc1ccc2oc(C(=O)O[C@H](C)C(=O)NC3CCCCC3)cc(=O)c2c1. The van der Waals surface area contributed by atoms with Gasteiger partial charge in [-0.25, -0.2) is 4.79 Å². The lowest BCUT2D eigenvalue weighted by atomic mass is 9.95. The van der Waals surface area contributed by atoms with Crippen molar-refractivity contribution in [2.24, 2.45) is 0 Å². The Bertz CT molecular complexity index is 879. The second-order valence-electron chi connectivity index (χ2n) is 6.87. The molecule has 1 aromatic carbocycles. The Hall–Kier alpha value is -2.63. The first-order chi connectivity index (χ1) is 12.4. The highest BCUT2D eigenvalue weighted by Crippen LogP contribution is 2.18. The van der Waals surface area contributed by atoms with Gasteiger partial charge in [0.05, 0.1) is 5.39 Å². The Labute approximate surface area is 151 Å². The highest BCUT2D eigenvalue weighted by molar-refractivity contribution is 5.91. The molecule has 1 atom stereocenters. The Morgan fingerprint density at radius 2 is 1.92 bits per heavy atom. The van der Waals surface area contributed by atoms with E-state index >= 15 is 0 Å². The van der Waals surface area contributed by atoms with Gasteiger partial charge in [-0.2, -0.15) is 0 Å². The summed E-state index contributed by atoms with van der Waals surface area (Å²) < 4.78 is 10.7. The molecule has 0 aliphatic heterocycles. The van der Waals surface area contributed by atoms with E-state index in [4.69, 9.17) is 9.15 Å². The summed E-state index contributed by atoms with van der Waals surface area (Å²) in [6, 6.07) is 6.38. The van der Waals surface area contributed by atoms with E-state index in [0.29, 0.717) is 11.0 Å².